The van der Waals surface area contributed by atoms with Crippen LogP contribution in [0.2, 0.25) is 0 Å². The number of ether oxygens (including phenoxy) is 1. The average Bonchev–Trinajstić information content (AvgIpc) is 2.88. The van der Waals surface area contributed by atoms with Gasteiger partial charge in [0, 0.05) is 5.56 Å². The predicted octanol–water partition coefficient (Wildman–Crippen LogP) is 10.7. The molecule has 0 unspecified atom stereocenters. The van der Waals surface area contributed by atoms with E-state index in [0.29, 0.717) is 29.0 Å². The molecule has 1 aliphatic heterocycles. The molecule has 0 N–H and O–H groups in total. The lowest BCUT2D eigenvalue weighted by atomic mass is 9.76. The highest BCUT2D eigenvalue weighted by Gasteiger charge is 2.44. The average molecular weight is 501 g/mol. The van der Waals surface area contributed by atoms with Crippen molar-refractivity contribution in [3.63, 3.8) is 0 Å². The molecule has 2 aromatic rings. The zero-order valence-electron chi connectivity index (χ0n) is 22.2. The van der Waals surface area contributed by atoms with Crippen molar-refractivity contribution in [3.8, 4) is 16.9 Å². The molecule has 0 aromatic heterocycles. The molecule has 2 aliphatic rings. The second kappa shape index (κ2) is 12.5. The molecule has 1 aliphatic carbocycles. The van der Waals surface area contributed by atoms with Gasteiger partial charge in [0.25, 0.3) is 0 Å². The summed E-state index contributed by atoms with van der Waals surface area (Å²) in [5.41, 5.74) is 2.13. The van der Waals surface area contributed by atoms with Gasteiger partial charge in [0.2, 0.25) is 0 Å². The summed E-state index contributed by atoms with van der Waals surface area (Å²) in [5.74, 6) is 0.159. The maximum Gasteiger partial charge on any atom is 0.427 e. The van der Waals surface area contributed by atoms with E-state index in [-0.39, 0.29) is 11.3 Å². The third kappa shape index (κ3) is 6.29. The standard InChI is InChI=1S/C32H43F3O/c1-3-5-6-7-8-9-10-11-13-25-18-21-28-27-20-19-26(24-16-14-23(12-4-2)15-17-24)22-29(27)32(34,35)36-31(28)30(25)33/h18-24H,3-17H2,1-2H3. The highest BCUT2D eigenvalue weighted by molar-refractivity contribution is 5.77. The van der Waals surface area contributed by atoms with E-state index in [2.05, 4.69) is 13.8 Å². The summed E-state index contributed by atoms with van der Waals surface area (Å²) in [6.45, 7) is 4.43. The Morgan fingerprint density at radius 3 is 2.17 bits per heavy atom. The van der Waals surface area contributed by atoms with Crippen LogP contribution in [0.4, 0.5) is 13.2 Å². The van der Waals surface area contributed by atoms with Crippen LogP contribution < -0.4 is 4.74 Å². The van der Waals surface area contributed by atoms with E-state index in [1.165, 1.54) is 44.9 Å². The minimum absolute atomic E-state index is 0.126. The minimum atomic E-state index is -3.53. The molecular weight excluding hydrogens is 457 g/mol. The van der Waals surface area contributed by atoms with Crippen molar-refractivity contribution in [1.29, 1.82) is 0 Å². The monoisotopic (exact) mass is 500 g/mol. The molecule has 1 heterocycles. The number of halogens is 3. The molecule has 36 heavy (non-hydrogen) atoms. The summed E-state index contributed by atoms with van der Waals surface area (Å²) < 4.78 is 50.8. The van der Waals surface area contributed by atoms with Gasteiger partial charge >= 0.3 is 6.11 Å². The van der Waals surface area contributed by atoms with E-state index >= 15 is 13.2 Å². The van der Waals surface area contributed by atoms with E-state index in [4.69, 9.17) is 4.74 Å². The fraction of sp³-hybridized carbons (Fsp3) is 0.625. The number of benzene rings is 2. The van der Waals surface area contributed by atoms with Crippen molar-refractivity contribution in [2.75, 3.05) is 0 Å². The van der Waals surface area contributed by atoms with Crippen LogP contribution in [0.15, 0.2) is 30.3 Å². The Bertz CT molecular complexity index is 991. The van der Waals surface area contributed by atoms with Crippen LogP contribution in [0, 0.1) is 11.7 Å². The van der Waals surface area contributed by atoms with Gasteiger partial charge in [-0.1, -0.05) is 95.9 Å². The highest BCUT2D eigenvalue weighted by Crippen LogP contribution is 2.50. The zero-order valence-corrected chi connectivity index (χ0v) is 22.2. The number of fused-ring (bicyclic) bond motifs is 3. The van der Waals surface area contributed by atoms with Gasteiger partial charge in [-0.15, -0.1) is 0 Å². The molecule has 1 saturated carbocycles. The fourth-order valence-electron chi connectivity index (χ4n) is 6.22. The van der Waals surface area contributed by atoms with Crippen LogP contribution in [0.1, 0.15) is 126 Å². The molecule has 198 valence electrons. The summed E-state index contributed by atoms with van der Waals surface area (Å²) in [7, 11) is 0. The Balaban J connectivity index is 1.44. The van der Waals surface area contributed by atoms with Crippen molar-refractivity contribution >= 4 is 0 Å². The Morgan fingerprint density at radius 2 is 1.47 bits per heavy atom. The van der Waals surface area contributed by atoms with Crippen LogP contribution in [0.25, 0.3) is 11.1 Å². The number of hydrogen-bond acceptors (Lipinski definition) is 1. The SMILES string of the molecule is CCCCCCCCCCc1ccc2c(c1F)OC(F)(F)c1cc(C3CCC(CCC)CC3)ccc1-2. The topological polar surface area (TPSA) is 9.23 Å². The van der Waals surface area contributed by atoms with E-state index in [0.717, 1.165) is 56.4 Å². The Morgan fingerprint density at radius 1 is 0.806 bits per heavy atom. The largest absolute Gasteiger partial charge is 0.427 e. The molecule has 0 spiro atoms. The van der Waals surface area contributed by atoms with E-state index in [1.54, 1.807) is 24.3 Å². The number of hydrogen-bond donors (Lipinski definition) is 0. The number of alkyl halides is 2. The molecule has 4 rings (SSSR count). The minimum Gasteiger partial charge on any atom is -0.425 e. The van der Waals surface area contributed by atoms with Gasteiger partial charge in [-0.3, -0.25) is 0 Å². The summed E-state index contributed by atoms with van der Waals surface area (Å²) in [4.78, 5) is 0. The third-order valence-corrected chi connectivity index (χ3v) is 8.37. The lowest BCUT2D eigenvalue weighted by Gasteiger charge is -2.32. The predicted molar refractivity (Wildman–Crippen MR) is 142 cm³/mol. The molecule has 1 fully saturated rings. The van der Waals surface area contributed by atoms with Crippen LogP contribution in [0.5, 0.6) is 5.75 Å². The third-order valence-electron chi connectivity index (χ3n) is 8.37. The van der Waals surface area contributed by atoms with Crippen LogP contribution in [-0.4, -0.2) is 0 Å². The highest BCUT2D eigenvalue weighted by atomic mass is 19.3. The molecule has 0 saturated heterocycles. The lowest BCUT2D eigenvalue weighted by Crippen LogP contribution is -2.28. The first kappa shape index (κ1) is 27.1. The van der Waals surface area contributed by atoms with Gasteiger partial charge in [-0.05, 0) is 73.1 Å². The van der Waals surface area contributed by atoms with Crippen LogP contribution in [-0.2, 0) is 12.5 Å². The number of unbranched alkanes of at least 4 members (excludes halogenated alkanes) is 7. The molecule has 0 amide bonds. The number of aryl methyl sites for hydroxylation is 1. The summed E-state index contributed by atoms with van der Waals surface area (Å²) in [6, 6.07) is 8.88. The van der Waals surface area contributed by atoms with Gasteiger partial charge in [-0.25, -0.2) is 4.39 Å². The van der Waals surface area contributed by atoms with E-state index in [9.17, 15) is 0 Å². The quantitative estimate of drug-likeness (QED) is 0.263. The van der Waals surface area contributed by atoms with Crippen molar-refractivity contribution in [2.45, 2.75) is 122 Å². The van der Waals surface area contributed by atoms with Gasteiger partial charge in [-0.2, -0.15) is 8.78 Å². The van der Waals surface area contributed by atoms with Gasteiger partial charge < -0.3 is 4.74 Å². The van der Waals surface area contributed by atoms with Crippen molar-refractivity contribution in [3.05, 3.63) is 52.8 Å². The van der Waals surface area contributed by atoms with E-state index < -0.39 is 11.9 Å². The molecule has 0 bridgehead atoms. The first-order chi connectivity index (χ1) is 17.4. The summed E-state index contributed by atoms with van der Waals surface area (Å²) >= 11 is 0. The molecule has 1 nitrogen and oxygen atoms in total. The Kier molecular flexibility index (Phi) is 9.41. The second-order valence-electron chi connectivity index (χ2n) is 11.1. The van der Waals surface area contributed by atoms with Gasteiger partial charge in [0.05, 0.1) is 5.56 Å². The molecule has 2 aromatic carbocycles. The van der Waals surface area contributed by atoms with Crippen molar-refractivity contribution < 1.29 is 17.9 Å². The fourth-order valence-corrected chi connectivity index (χ4v) is 6.22. The van der Waals surface area contributed by atoms with Crippen LogP contribution in [0.3, 0.4) is 0 Å². The maximum atomic E-state index is 15.3. The van der Waals surface area contributed by atoms with Crippen molar-refractivity contribution in [2.24, 2.45) is 5.92 Å². The maximum absolute atomic E-state index is 15.3. The van der Waals surface area contributed by atoms with E-state index in [1.807, 2.05) is 6.07 Å². The van der Waals surface area contributed by atoms with Gasteiger partial charge in [0.1, 0.15) is 0 Å². The first-order valence-electron chi connectivity index (χ1n) is 14.5. The molecule has 0 radical (unpaired) electrons. The number of rotatable bonds is 12. The smallest absolute Gasteiger partial charge is 0.425 e. The zero-order chi connectivity index (χ0) is 25.5. The lowest BCUT2D eigenvalue weighted by molar-refractivity contribution is -0.188. The van der Waals surface area contributed by atoms with Crippen LogP contribution >= 0.6 is 0 Å². The molecular formula is C32H43F3O. The molecule has 4 heteroatoms. The first-order valence-corrected chi connectivity index (χ1v) is 14.5. The summed E-state index contributed by atoms with van der Waals surface area (Å²) in [6.07, 6.45) is 13.2. The second-order valence-corrected chi connectivity index (χ2v) is 11.1. The molecule has 0 atom stereocenters. The normalized spacial score (nSPS) is 20.5. The Labute approximate surface area is 215 Å². The van der Waals surface area contributed by atoms with Crippen molar-refractivity contribution in [1.82, 2.24) is 0 Å². The Hall–Kier alpha value is -1.97. The van der Waals surface area contributed by atoms with Gasteiger partial charge in [0.15, 0.2) is 11.6 Å². The summed E-state index contributed by atoms with van der Waals surface area (Å²) in [5, 5.41) is 0.